The van der Waals surface area contributed by atoms with Gasteiger partial charge < -0.3 is 5.11 Å². The molecule has 0 aliphatic rings. The summed E-state index contributed by atoms with van der Waals surface area (Å²) in [4.78, 5) is 0. The normalized spacial score (nSPS) is 8.11. The van der Waals surface area contributed by atoms with E-state index in [1.165, 1.54) is 0 Å². The number of aromatic hydroxyl groups is 1. The van der Waals surface area contributed by atoms with E-state index in [2.05, 4.69) is 9.24 Å². The molecule has 1 aromatic rings. The van der Waals surface area contributed by atoms with Gasteiger partial charge in [-0.1, -0.05) is 18.2 Å². The Morgan fingerprint density at radius 2 is 1.78 bits per heavy atom. The molecule has 1 atom stereocenters. The van der Waals surface area contributed by atoms with Crippen molar-refractivity contribution in [1.82, 2.24) is 0 Å². The van der Waals surface area contributed by atoms with Gasteiger partial charge >= 0.3 is 0 Å². The van der Waals surface area contributed by atoms with Crippen molar-refractivity contribution in [3.63, 3.8) is 0 Å². The lowest BCUT2D eigenvalue weighted by atomic mass is 10.3. The Balaban J connectivity index is 0.000000640. The van der Waals surface area contributed by atoms with Crippen molar-refractivity contribution >= 4 is 31.5 Å². The molecule has 0 saturated heterocycles. The Morgan fingerprint density at radius 3 is 2.11 bits per heavy atom. The third-order valence-corrected chi connectivity index (χ3v) is 1.42. The molecule has 9 heavy (non-hydrogen) atoms. The van der Waals surface area contributed by atoms with Gasteiger partial charge in [0, 0.05) is 5.30 Å². The predicted molar refractivity (Wildman–Crippen MR) is 47.8 cm³/mol. The van der Waals surface area contributed by atoms with Gasteiger partial charge in [-0.05, 0) is 6.07 Å². The Morgan fingerprint density at radius 1 is 1.22 bits per heavy atom. The second kappa shape index (κ2) is 3.86. The van der Waals surface area contributed by atoms with Gasteiger partial charge in [0.05, 0.1) is 0 Å². The summed E-state index contributed by atoms with van der Waals surface area (Å²) >= 11 is 0. The molecule has 0 aliphatic carbocycles. The van der Waals surface area contributed by atoms with E-state index < -0.39 is 0 Å². The molecule has 0 heterocycles. The van der Waals surface area contributed by atoms with Crippen LogP contribution in [0.25, 0.3) is 0 Å². The van der Waals surface area contributed by atoms with Crippen LogP contribution in [-0.4, -0.2) is 5.11 Å². The summed E-state index contributed by atoms with van der Waals surface area (Å²) in [5.74, 6) is 0.331. The number of hydrogen-bond donors (Lipinski definition) is 1. The van der Waals surface area contributed by atoms with Crippen molar-refractivity contribution in [2.24, 2.45) is 0 Å². The monoisotopic (exact) mass is 206 g/mol. The molecule has 1 unspecified atom stereocenters. The molecule has 0 spiro atoms. The number of phenolic OH excluding ortho intramolecular Hbond substituents is 1. The fraction of sp³-hybridized carbons (Fsp3) is 0. The van der Waals surface area contributed by atoms with Gasteiger partial charge in [0.25, 0.3) is 0 Å². The zero-order valence-electron chi connectivity index (χ0n) is 4.74. The molecule has 1 N–H and O–H groups in total. The zero-order chi connectivity index (χ0) is 5.98. The van der Waals surface area contributed by atoms with Crippen LogP contribution in [0.1, 0.15) is 0 Å². The van der Waals surface area contributed by atoms with E-state index in [1.54, 1.807) is 12.1 Å². The second-order valence-electron chi connectivity index (χ2n) is 1.56. The molecule has 0 amide bonds. The molecule has 1 rings (SSSR count). The van der Waals surface area contributed by atoms with Crippen molar-refractivity contribution in [3.05, 3.63) is 24.3 Å². The summed E-state index contributed by atoms with van der Waals surface area (Å²) < 4.78 is 0. The smallest absolute Gasteiger partial charge is 0.122 e. The average Bonchev–Trinajstić information content (AvgIpc) is 1.77. The first-order valence-corrected chi connectivity index (χ1v) is 2.92. The highest BCUT2D eigenvalue weighted by Crippen LogP contribution is 2.05. The Kier molecular flexibility index (Phi) is 3.83. The van der Waals surface area contributed by atoms with Crippen LogP contribution in [-0.2, 0) is 0 Å². The SMILES string of the molecule is Br.Oc1ccccc1P. The third kappa shape index (κ3) is 2.33. The number of rotatable bonds is 0. The Labute approximate surface area is 67.1 Å². The van der Waals surface area contributed by atoms with E-state index in [0.29, 0.717) is 5.75 Å². The Bertz CT molecular complexity index is 169. The number of benzene rings is 1. The van der Waals surface area contributed by atoms with Crippen molar-refractivity contribution < 1.29 is 5.11 Å². The Hall–Kier alpha value is -0.0700. The van der Waals surface area contributed by atoms with Crippen molar-refractivity contribution in [1.29, 1.82) is 0 Å². The van der Waals surface area contributed by atoms with Gasteiger partial charge in [-0.15, -0.1) is 26.2 Å². The summed E-state index contributed by atoms with van der Waals surface area (Å²) in [6, 6.07) is 7.16. The van der Waals surface area contributed by atoms with E-state index in [0.717, 1.165) is 5.30 Å². The molecule has 50 valence electrons. The number of hydrogen-bond acceptors (Lipinski definition) is 1. The molecule has 0 radical (unpaired) electrons. The third-order valence-electron chi connectivity index (χ3n) is 0.937. The fourth-order valence-electron chi connectivity index (χ4n) is 0.488. The van der Waals surface area contributed by atoms with Gasteiger partial charge in [-0.25, -0.2) is 0 Å². The number of phenols is 1. The van der Waals surface area contributed by atoms with Gasteiger partial charge in [0.2, 0.25) is 0 Å². The van der Waals surface area contributed by atoms with Gasteiger partial charge in [0.15, 0.2) is 0 Å². The first-order valence-electron chi connectivity index (χ1n) is 2.34. The molecule has 0 saturated carbocycles. The van der Waals surface area contributed by atoms with E-state index in [1.807, 2.05) is 12.1 Å². The minimum atomic E-state index is 0. The first kappa shape index (κ1) is 8.93. The van der Waals surface area contributed by atoms with Crippen LogP contribution in [0.2, 0.25) is 0 Å². The summed E-state index contributed by atoms with van der Waals surface area (Å²) in [5, 5.41) is 9.74. The lowest BCUT2D eigenvalue weighted by molar-refractivity contribution is 0.480. The molecule has 1 aromatic carbocycles. The lowest BCUT2D eigenvalue weighted by Crippen LogP contribution is -1.86. The number of halogens is 1. The van der Waals surface area contributed by atoms with Crippen LogP contribution >= 0.6 is 26.2 Å². The molecule has 1 nitrogen and oxygen atoms in total. The largest absolute Gasteiger partial charge is 0.507 e. The summed E-state index contributed by atoms with van der Waals surface area (Å²) in [6.07, 6.45) is 0. The summed E-state index contributed by atoms with van der Waals surface area (Å²) in [6.45, 7) is 0. The van der Waals surface area contributed by atoms with Gasteiger partial charge in [-0.2, -0.15) is 0 Å². The summed E-state index contributed by atoms with van der Waals surface area (Å²) in [5.41, 5.74) is 0. The minimum Gasteiger partial charge on any atom is -0.507 e. The predicted octanol–water partition coefficient (Wildman–Crippen LogP) is 1.47. The van der Waals surface area contributed by atoms with Crippen LogP contribution in [0.4, 0.5) is 0 Å². The first-order chi connectivity index (χ1) is 3.80. The van der Waals surface area contributed by atoms with Crippen molar-refractivity contribution in [3.8, 4) is 5.75 Å². The lowest BCUT2D eigenvalue weighted by Gasteiger charge is -1.92. The van der Waals surface area contributed by atoms with E-state index >= 15 is 0 Å². The van der Waals surface area contributed by atoms with Gasteiger partial charge in [-0.3, -0.25) is 0 Å². The standard InChI is InChI=1S/C6H7OP.BrH/c7-5-3-1-2-4-6(5)8;/h1-4,7H,8H2;1H. The van der Waals surface area contributed by atoms with Crippen LogP contribution in [0.3, 0.4) is 0 Å². The van der Waals surface area contributed by atoms with E-state index in [-0.39, 0.29) is 17.0 Å². The minimum absolute atomic E-state index is 0. The van der Waals surface area contributed by atoms with Crippen LogP contribution in [0, 0.1) is 0 Å². The molecular formula is C6H8BrOP. The van der Waals surface area contributed by atoms with E-state index in [4.69, 9.17) is 5.11 Å². The highest BCUT2D eigenvalue weighted by Gasteiger charge is 1.87. The topological polar surface area (TPSA) is 20.2 Å². The van der Waals surface area contributed by atoms with Gasteiger partial charge in [0.1, 0.15) is 5.75 Å². The maximum Gasteiger partial charge on any atom is 0.122 e. The average molecular weight is 207 g/mol. The molecule has 0 bridgehead atoms. The number of para-hydroxylation sites is 1. The van der Waals surface area contributed by atoms with Crippen LogP contribution in [0.15, 0.2) is 24.3 Å². The second-order valence-corrected chi connectivity index (χ2v) is 2.18. The molecular weight excluding hydrogens is 199 g/mol. The van der Waals surface area contributed by atoms with E-state index in [9.17, 15) is 0 Å². The fourth-order valence-corrected chi connectivity index (χ4v) is 0.695. The quantitative estimate of drug-likeness (QED) is 0.638. The molecule has 0 aliphatic heterocycles. The molecule has 0 aromatic heterocycles. The molecule has 3 heteroatoms. The molecule has 0 fully saturated rings. The summed E-state index contributed by atoms with van der Waals surface area (Å²) in [7, 11) is 2.44. The maximum atomic E-state index is 8.90. The maximum absolute atomic E-state index is 8.90. The van der Waals surface area contributed by atoms with Crippen molar-refractivity contribution in [2.45, 2.75) is 0 Å². The van der Waals surface area contributed by atoms with Crippen LogP contribution in [0.5, 0.6) is 5.75 Å². The van der Waals surface area contributed by atoms with Crippen LogP contribution < -0.4 is 5.30 Å². The highest BCUT2D eigenvalue weighted by molar-refractivity contribution is 8.93. The van der Waals surface area contributed by atoms with Crippen molar-refractivity contribution in [2.75, 3.05) is 0 Å². The zero-order valence-corrected chi connectivity index (χ0v) is 7.61. The highest BCUT2D eigenvalue weighted by atomic mass is 79.9.